The van der Waals surface area contributed by atoms with Gasteiger partial charge in [0.1, 0.15) is 5.82 Å². The number of hydrogen-bond acceptors (Lipinski definition) is 4. The van der Waals surface area contributed by atoms with Crippen molar-refractivity contribution in [1.29, 1.82) is 0 Å². The van der Waals surface area contributed by atoms with Crippen LogP contribution in [0.2, 0.25) is 0 Å². The van der Waals surface area contributed by atoms with Gasteiger partial charge in [-0.05, 0) is 12.8 Å². The van der Waals surface area contributed by atoms with E-state index in [1.807, 2.05) is 0 Å². The summed E-state index contributed by atoms with van der Waals surface area (Å²) in [7, 11) is 0. The zero-order valence-corrected chi connectivity index (χ0v) is 7.08. The molecule has 0 saturated heterocycles. The van der Waals surface area contributed by atoms with E-state index >= 15 is 0 Å². The molecule has 4 N–H and O–H groups in total. The smallest absolute Gasteiger partial charge is 0.254 e. The highest BCUT2D eigenvalue weighted by molar-refractivity contribution is 5.21. The summed E-state index contributed by atoms with van der Waals surface area (Å²) in [5.41, 5.74) is 5.04. The van der Waals surface area contributed by atoms with Gasteiger partial charge in [-0.15, -0.1) is 0 Å². The van der Waals surface area contributed by atoms with Gasteiger partial charge in [-0.2, -0.15) is 4.98 Å². The van der Waals surface area contributed by atoms with Crippen LogP contribution in [0.15, 0.2) is 10.9 Å². The number of aromatic amines is 1. The molecule has 0 radical (unpaired) electrons. The maximum atomic E-state index is 11.0. The van der Waals surface area contributed by atoms with Crippen LogP contribution < -0.4 is 11.3 Å². The Morgan fingerprint density at radius 2 is 2.38 bits per heavy atom. The molecule has 70 valence electrons. The first-order chi connectivity index (χ1) is 6.16. The van der Waals surface area contributed by atoms with Crippen LogP contribution in [0.5, 0.6) is 5.88 Å². The fourth-order valence-electron chi connectivity index (χ4n) is 1.38. The maximum Gasteiger partial charge on any atom is 0.254 e. The van der Waals surface area contributed by atoms with Crippen molar-refractivity contribution in [3.05, 3.63) is 22.2 Å². The predicted octanol–water partition coefficient (Wildman–Crippen LogP) is -0.534. The molecule has 1 saturated carbocycles. The molecule has 0 spiro atoms. The third-order valence-electron chi connectivity index (χ3n) is 2.47. The molecule has 0 atom stereocenters. The number of nitrogens with zero attached hydrogens (tertiary/aromatic N) is 1. The van der Waals surface area contributed by atoms with Gasteiger partial charge in [-0.1, -0.05) is 0 Å². The molecule has 1 aliphatic carbocycles. The van der Waals surface area contributed by atoms with Crippen molar-refractivity contribution in [3.8, 4) is 5.88 Å². The average Bonchev–Trinajstić information content (AvgIpc) is 2.82. The number of hydrogen-bond donors (Lipinski definition) is 3. The largest absolute Gasteiger partial charge is 0.493 e. The molecule has 1 aromatic heterocycles. The Morgan fingerprint density at radius 3 is 2.85 bits per heavy atom. The molecular weight excluding hydrogens is 170 g/mol. The Kier molecular flexibility index (Phi) is 1.63. The number of aromatic nitrogens is 2. The van der Waals surface area contributed by atoms with Crippen molar-refractivity contribution in [2.24, 2.45) is 5.73 Å². The van der Waals surface area contributed by atoms with Gasteiger partial charge in [0, 0.05) is 12.0 Å². The van der Waals surface area contributed by atoms with Gasteiger partial charge < -0.3 is 15.8 Å². The van der Waals surface area contributed by atoms with Crippen molar-refractivity contribution in [3.63, 3.8) is 0 Å². The van der Waals surface area contributed by atoms with Crippen LogP contribution in [0.3, 0.4) is 0 Å². The first-order valence-electron chi connectivity index (χ1n) is 4.17. The standard InChI is InChI=1S/C8H11N3O2/c9-4-8(1-2-8)7-10-5(12)3-6(13)11-7/h3H,1-2,4,9H2,(H2,10,11,12,13). The van der Waals surface area contributed by atoms with Crippen molar-refractivity contribution in [2.75, 3.05) is 6.54 Å². The summed E-state index contributed by atoms with van der Waals surface area (Å²) in [5.74, 6) is 0.276. The molecule has 0 aromatic carbocycles. The zero-order valence-electron chi connectivity index (χ0n) is 7.08. The van der Waals surface area contributed by atoms with Gasteiger partial charge in [-0.25, -0.2) is 0 Å². The van der Waals surface area contributed by atoms with Crippen LogP contribution in [0.1, 0.15) is 18.7 Å². The van der Waals surface area contributed by atoms with Crippen molar-refractivity contribution >= 4 is 0 Å². The lowest BCUT2D eigenvalue weighted by molar-refractivity contribution is 0.442. The Bertz CT molecular complexity index is 381. The quantitative estimate of drug-likeness (QED) is 0.571. The molecule has 0 amide bonds. The second kappa shape index (κ2) is 2.56. The first kappa shape index (κ1) is 8.25. The molecule has 0 unspecified atom stereocenters. The predicted molar refractivity (Wildman–Crippen MR) is 46.5 cm³/mol. The minimum Gasteiger partial charge on any atom is -0.493 e. The summed E-state index contributed by atoms with van der Waals surface area (Å²) in [5, 5.41) is 9.11. The van der Waals surface area contributed by atoms with Crippen molar-refractivity contribution in [2.45, 2.75) is 18.3 Å². The topological polar surface area (TPSA) is 92.0 Å². The normalized spacial score (nSPS) is 18.5. The molecule has 1 aliphatic rings. The van der Waals surface area contributed by atoms with Gasteiger partial charge in [-0.3, -0.25) is 4.79 Å². The zero-order chi connectivity index (χ0) is 9.47. The molecule has 2 rings (SSSR count). The highest BCUT2D eigenvalue weighted by atomic mass is 16.3. The van der Waals surface area contributed by atoms with E-state index in [1.165, 1.54) is 0 Å². The second-order valence-corrected chi connectivity index (χ2v) is 3.44. The summed E-state index contributed by atoms with van der Waals surface area (Å²) < 4.78 is 0. The van der Waals surface area contributed by atoms with Crippen LogP contribution in [0.25, 0.3) is 0 Å². The monoisotopic (exact) mass is 181 g/mol. The Morgan fingerprint density at radius 1 is 1.69 bits per heavy atom. The van der Waals surface area contributed by atoms with E-state index in [4.69, 9.17) is 10.8 Å². The number of aromatic hydroxyl groups is 1. The third kappa shape index (κ3) is 1.31. The van der Waals surface area contributed by atoms with Gasteiger partial charge in [0.15, 0.2) is 0 Å². The summed E-state index contributed by atoms with van der Waals surface area (Å²) in [6, 6.07) is 1.05. The first-order valence-corrected chi connectivity index (χ1v) is 4.17. The lowest BCUT2D eigenvalue weighted by atomic mass is 10.1. The Hall–Kier alpha value is -1.36. The number of nitrogens with one attached hydrogen (secondary N) is 1. The fourth-order valence-corrected chi connectivity index (χ4v) is 1.38. The van der Waals surface area contributed by atoms with Crippen LogP contribution in [-0.4, -0.2) is 21.6 Å². The van der Waals surface area contributed by atoms with Crippen molar-refractivity contribution in [1.82, 2.24) is 9.97 Å². The minimum atomic E-state index is -0.331. The Balaban J connectivity index is 2.46. The van der Waals surface area contributed by atoms with Gasteiger partial charge in [0.2, 0.25) is 5.88 Å². The SMILES string of the molecule is NCC1(c2nc(O)cc(=O)[nH]2)CC1. The number of rotatable bonds is 2. The molecule has 0 bridgehead atoms. The Labute approximate surface area is 74.6 Å². The lowest BCUT2D eigenvalue weighted by Gasteiger charge is -2.10. The van der Waals surface area contributed by atoms with Gasteiger partial charge in [0.05, 0.1) is 6.07 Å². The molecule has 1 heterocycles. The second-order valence-electron chi connectivity index (χ2n) is 3.44. The van der Waals surface area contributed by atoms with Crippen LogP contribution in [0, 0.1) is 0 Å². The van der Waals surface area contributed by atoms with Crippen LogP contribution >= 0.6 is 0 Å². The summed E-state index contributed by atoms with van der Waals surface area (Å²) in [4.78, 5) is 17.5. The molecule has 1 fully saturated rings. The lowest BCUT2D eigenvalue weighted by Crippen LogP contribution is -2.25. The van der Waals surface area contributed by atoms with Crippen LogP contribution in [-0.2, 0) is 5.41 Å². The van der Waals surface area contributed by atoms with E-state index in [9.17, 15) is 4.79 Å². The maximum absolute atomic E-state index is 11.0. The van der Waals surface area contributed by atoms with Gasteiger partial charge in [0.25, 0.3) is 5.56 Å². The van der Waals surface area contributed by atoms with E-state index in [-0.39, 0.29) is 16.9 Å². The fraction of sp³-hybridized carbons (Fsp3) is 0.500. The van der Waals surface area contributed by atoms with E-state index in [0.717, 1.165) is 18.9 Å². The number of H-pyrrole nitrogens is 1. The van der Waals surface area contributed by atoms with Crippen LogP contribution in [0.4, 0.5) is 0 Å². The summed E-state index contributed by atoms with van der Waals surface area (Å²) in [6.07, 6.45) is 1.85. The molecule has 0 aliphatic heterocycles. The molecule has 5 heteroatoms. The summed E-state index contributed by atoms with van der Waals surface area (Å²) >= 11 is 0. The average molecular weight is 181 g/mol. The minimum absolute atomic E-state index is 0.183. The van der Waals surface area contributed by atoms with E-state index in [1.54, 1.807) is 0 Å². The van der Waals surface area contributed by atoms with Gasteiger partial charge >= 0.3 is 0 Å². The molecule has 1 aromatic rings. The molecule has 5 nitrogen and oxygen atoms in total. The summed E-state index contributed by atoms with van der Waals surface area (Å²) in [6.45, 7) is 0.458. The van der Waals surface area contributed by atoms with E-state index < -0.39 is 0 Å². The number of nitrogens with two attached hydrogens (primary N) is 1. The van der Waals surface area contributed by atoms with E-state index in [2.05, 4.69) is 9.97 Å². The molecular formula is C8H11N3O2. The highest BCUT2D eigenvalue weighted by Gasteiger charge is 2.45. The van der Waals surface area contributed by atoms with E-state index in [0.29, 0.717) is 12.4 Å². The third-order valence-corrected chi connectivity index (χ3v) is 2.47. The highest BCUT2D eigenvalue weighted by Crippen LogP contribution is 2.45. The molecule has 13 heavy (non-hydrogen) atoms. The van der Waals surface area contributed by atoms with Crippen molar-refractivity contribution < 1.29 is 5.11 Å².